The summed E-state index contributed by atoms with van der Waals surface area (Å²) in [4.78, 5) is 55.0. The molecule has 4 radical (unpaired) electrons. The van der Waals surface area contributed by atoms with Gasteiger partial charge in [0.25, 0.3) is 11.6 Å². The first-order chi connectivity index (χ1) is 62.3. The van der Waals surface area contributed by atoms with Crippen LogP contribution in [0.25, 0.3) is 141 Å². The van der Waals surface area contributed by atoms with Gasteiger partial charge >= 0.3 is 19.5 Å². The van der Waals surface area contributed by atoms with Crippen molar-refractivity contribution in [1.82, 2.24) is 78.3 Å². The second-order valence-electron chi connectivity index (χ2n) is 29.2. The van der Waals surface area contributed by atoms with Gasteiger partial charge in [0.2, 0.25) is 12.0 Å². The molecule has 17 aromatic heterocycles. The molecule has 1 aliphatic heterocycles. The molecular formula is C101H69N20O4Rh4S-. The average Bonchev–Trinajstić information content (AvgIpc) is 1.59. The van der Waals surface area contributed by atoms with E-state index in [0.29, 0.717) is 23.6 Å². The molecule has 0 saturated carbocycles. The maximum atomic E-state index is 5.84. The number of oxazole rings is 2. The quantitative estimate of drug-likeness (QED) is 0.0467. The molecular weight excluding hydrogens is 2000 g/mol. The van der Waals surface area contributed by atoms with Crippen LogP contribution in [-0.2, 0) is 85.0 Å². The van der Waals surface area contributed by atoms with E-state index >= 15 is 0 Å². The minimum atomic E-state index is 0. The number of anilines is 5. The number of aromatic nitrogens is 17. The van der Waals surface area contributed by atoms with Gasteiger partial charge in [-0.1, -0.05) is 132 Å². The summed E-state index contributed by atoms with van der Waals surface area (Å²) in [6.45, 7) is 0.494. The van der Waals surface area contributed by atoms with Gasteiger partial charge < -0.3 is 51.1 Å². The summed E-state index contributed by atoms with van der Waals surface area (Å²) in [5.74, 6) is 6.12. The molecule has 0 spiro atoms. The number of hydrogen-bond acceptors (Lipinski definition) is 18. The van der Waals surface area contributed by atoms with E-state index in [-0.39, 0.29) is 83.8 Å². The summed E-state index contributed by atoms with van der Waals surface area (Å²) in [5, 5.41) is 9.55. The van der Waals surface area contributed by atoms with Crippen molar-refractivity contribution in [2.75, 3.05) is 23.4 Å². The van der Waals surface area contributed by atoms with Crippen molar-refractivity contribution in [3.63, 3.8) is 0 Å². The average molecular weight is 2070 g/mol. The smallest absolute Gasteiger partial charge is 0.536 e. The van der Waals surface area contributed by atoms with Crippen molar-refractivity contribution < 1.29 is 105 Å². The summed E-state index contributed by atoms with van der Waals surface area (Å²) < 4.78 is 34.0. The molecule has 130 heavy (non-hydrogen) atoms. The number of imidazole rings is 1. The molecule has 29 heteroatoms. The van der Waals surface area contributed by atoms with Crippen molar-refractivity contribution in [1.29, 1.82) is 0 Å². The van der Waals surface area contributed by atoms with E-state index in [1.54, 1.807) is 35.0 Å². The minimum absolute atomic E-state index is 0. The Kier molecular flexibility index (Phi) is 26.4. The van der Waals surface area contributed by atoms with Crippen LogP contribution in [-0.4, -0.2) is 97.7 Å². The van der Waals surface area contributed by atoms with Crippen molar-refractivity contribution >= 4 is 124 Å². The fourth-order valence-corrected chi connectivity index (χ4v) is 16.1. The van der Waals surface area contributed by atoms with Crippen LogP contribution in [0.1, 0.15) is 22.9 Å². The molecule has 0 bridgehead atoms. The summed E-state index contributed by atoms with van der Waals surface area (Å²) >= 11 is 1.53. The Labute approximate surface area is 799 Å². The van der Waals surface area contributed by atoms with E-state index in [2.05, 4.69) is 178 Å². The van der Waals surface area contributed by atoms with Gasteiger partial charge in [0.1, 0.15) is 40.4 Å². The van der Waals surface area contributed by atoms with E-state index in [0.717, 1.165) is 164 Å². The number of para-hydroxylation sites is 4. The van der Waals surface area contributed by atoms with Crippen molar-refractivity contribution in [2.24, 2.45) is 7.05 Å². The fourth-order valence-electron chi connectivity index (χ4n) is 15.6. The topological polar surface area (TPSA) is 242 Å². The number of nitrogens with zero attached hydrogens (tertiary/aromatic N) is 20. The SMILES string of the molecule is C[N+]1=CC(c2cccc(N(C[C-]=Cc3coc4ocnc34)c3ccccc3)n2)c2[n-]c[n+](C)c21.[Rh+2].[Rh].[Rh].[Rh].[c-]1c(-c2ccccn2)ccc2c3ccccc3n(-c3cccc(-c4ccccn4)n3)c12.[c-]1c(-c2cscn2)oc2ccn(-c3cccc(-n4cccn4)n3)c12.[c-]1c(N(c2ccccc2)c2cccc(-c3cccc4ocnc34)n2)cccc1-n1ccc2cccnc21. The van der Waals surface area contributed by atoms with E-state index in [1.807, 2.05) is 260 Å². The number of furan rings is 2. The van der Waals surface area contributed by atoms with Gasteiger partial charge in [-0.15, -0.1) is 69.9 Å². The van der Waals surface area contributed by atoms with E-state index in [4.69, 9.17) is 32.6 Å². The van der Waals surface area contributed by atoms with Crippen LogP contribution < -0.4 is 19.4 Å². The predicted octanol–water partition coefficient (Wildman–Crippen LogP) is 21.1. The van der Waals surface area contributed by atoms with Crippen LogP contribution in [0.15, 0.2) is 370 Å². The molecule has 24 nitrogen and oxygen atoms in total. The van der Waals surface area contributed by atoms with E-state index in [9.17, 15) is 0 Å². The Morgan fingerprint density at radius 3 is 2.08 bits per heavy atom. The third-order valence-corrected chi connectivity index (χ3v) is 22.0. The molecule has 0 N–H and O–H groups in total. The zero-order valence-corrected chi connectivity index (χ0v) is 76.1. The summed E-state index contributed by atoms with van der Waals surface area (Å²) in [6, 6.07) is 101. The van der Waals surface area contributed by atoms with Gasteiger partial charge in [0, 0.05) is 153 Å². The third-order valence-electron chi connectivity index (χ3n) is 21.4. The van der Waals surface area contributed by atoms with E-state index in [1.165, 1.54) is 29.5 Å². The normalized spacial score (nSPS) is 12.0. The Morgan fingerprint density at radius 2 is 1.25 bits per heavy atom. The Balaban J connectivity index is 0.000000121. The molecule has 6 aromatic carbocycles. The van der Waals surface area contributed by atoms with E-state index < -0.39 is 0 Å². The van der Waals surface area contributed by atoms with Gasteiger partial charge in [0.15, 0.2) is 24.2 Å². The Hall–Kier alpha value is -14.7. The number of pyridine rings is 7. The Bertz CT molecular complexity index is 7870. The molecule has 640 valence electrons. The molecule has 0 aliphatic carbocycles. The van der Waals surface area contributed by atoms with Gasteiger partial charge in [-0.05, 0) is 161 Å². The molecule has 0 amide bonds. The monoisotopic (exact) mass is 2070 g/mol. The first kappa shape index (κ1) is 87.4. The zero-order chi connectivity index (χ0) is 84.2. The summed E-state index contributed by atoms with van der Waals surface area (Å²) in [6.07, 6.45) is 26.7. The molecule has 0 fully saturated rings. The van der Waals surface area contributed by atoms with Crippen molar-refractivity contribution in [3.8, 4) is 68.5 Å². The number of hydrogen-bond donors (Lipinski definition) is 0. The number of benzene rings is 6. The second-order valence-corrected chi connectivity index (χ2v) is 29.9. The molecule has 18 heterocycles. The fraction of sp³-hybridized carbons (Fsp3) is 0.0396. The zero-order valence-electron chi connectivity index (χ0n) is 68.7. The predicted molar refractivity (Wildman–Crippen MR) is 486 cm³/mol. The molecule has 1 atom stereocenters. The van der Waals surface area contributed by atoms with Crippen LogP contribution in [0.4, 0.5) is 34.5 Å². The summed E-state index contributed by atoms with van der Waals surface area (Å²) in [7, 11) is 4.05. The third kappa shape index (κ3) is 17.7. The second kappa shape index (κ2) is 39.3. The molecule has 23 aromatic rings. The van der Waals surface area contributed by atoms with Crippen LogP contribution in [0.5, 0.6) is 0 Å². The van der Waals surface area contributed by atoms with Gasteiger partial charge in [0.05, 0.1) is 54.1 Å². The largest absolute Gasteiger partial charge is 2.00 e. The molecule has 1 unspecified atom stereocenters. The first-order valence-corrected chi connectivity index (χ1v) is 41.3. The number of fused-ring (bicyclic) bond motifs is 8. The van der Waals surface area contributed by atoms with Crippen LogP contribution in [0.2, 0.25) is 0 Å². The maximum absolute atomic E-state index is 5.84. The number of thiazole rings is 1. The standard InChI is InChI=1S/C31H20N5O.C27H17N4.C26H22N6O2.C17H10N5OS.4Rh/c1-2-9-23(10-3-1)36(25-12-4-11-24(20-25)35-19-17-22-8-7-18-32-31(22)35)29-16-6-14-27(34-29)26-13-5-15-28-30(26)33-21-37-28;1-2-12-25-20(8-1)21-15-14-19(22-9-3-5-16-28-22)18-26(21)31(25)27-13-7-11-24(30-27)23-10-4-6-17-29-23;1-30-14-20(24-25(30)31(2)16-27-24)21-11-6-12-22(29-21)32(19-9-4-3-5-10-19)13-7-8-18-15-33-26-23(18)28-17-34-26;1-3-16(20-17(4-1)22-7-2-6-19-22)21-8-5-14-13(21)9-15(23-14)12-10-24-11-18-12;;;;/h1-19,21H;1-17H;3-6,8-12,14-17,20H,13H2,1-2H3;1-8,10-11H;;;;/q2*-1;;-1;;;;+2. The van der Waals surface area contributed by atoms with Crippen LogP contribution in [0.3, 0.4) is 0 Å². The van der Waals surface area contributed by atoms with Crippen LogP contribution in [0, 0.1) is 24.3 Å². The minimum Gasteiger partial charge on any atom is -0.536 e. The van der Waals surface area contributed by atoms with Crippen molar-refractivity contribution in [3.05, 3.63) is 394 Å². The van der Waals surface area contributed by atoms with Gasteiger partial charge in [-0.2, -0.15) is 11.2 Å². The Morgan fingerprint density at radius 1 is 0.523 bits per heavy atom. The van der Waals surface area contributed by atoms with Crippen LogP contribution >= 0.6 is 11.3 Å². The molecule has 24 rings (SSSR count). The number of rotatable bonds is 17. The maximum Gasteiger partial charge on any atom is 2.00 e. The van der Waals surface area contributed by atoms with Gasteiger partial charge in [-0.3, -0.25) is 15.6 Å². The van der Waals surface area contributed by atoms with Crippen molar-refractivity contribution in [2.45, 2.75) is 5.92 Å². The first-order valence-electron chi connectivity index (χ1n) is 40.3. The molecule has 0 saturated heterocycles. The number of aryl methyl sites for hydroxylation is 1. The molecule has 1 aliphatic rings. The van der Waals surface area contributed by atoms with Gasteiger partial charge in [-0.25, -0.2) is 50.2 Å². The summed E-state index contributed by atoms with van der Waals surface area (Å²) in [5.41, 5.74) is 21.2.